The largest absolute Gasteiger partial charge is 0.378 e. The molecule has 90 valence electrons. The van der Waals surface area contributed by atoms with Crippen LogP contribution in [0.1, 0.15) is 18.7 Å². The molecule has 0 aliphatic carbocycles. The molecule has 7 heteroatoms. The van der Waals surface area contributed by atoms with Crippen LogP contribution in [-0.4, -0.2) is 32.6 Å². The third-order valence-electron chi connectivity index (χ3n) is 2.88. The smallest absolute Gasteiger partial charge is 0.277 e. The second kappa shape index (κ2) is 4.08. The van der Waals surface area contributed by atoms with E-state index in [-0.39, 0.29) is 16.4 Å². The van der Waals surface area contributed by atoms with E-state index in [4.69, 9.17) is 17.0 Å². The first-order valence-corrected chi connectivity index (χ1v) is 5.96. The number of rotatable bonds is 2. The van der Waals surface area contributed by atoms with Crippen molar-refractivity contribution in [3.63, 3.8) is 0 Å². The number of hydrogen-bond acceptors (Lipinski definition) is 4. The van der Waals surface area contributed by atoms with Crippen molar-refractivity contribution in [1.29, 1.82) is 0 Å². The van der Waals surface area contributed by atoms with Crippen molar-refractivity contribution < 1.29 is 4.74 Å². The Balaban J connectivity index is 1.98. The average molecular weight is 252 g/mol. The Hall–Kier alpha value is -1.47. The molecule has 3 heterocycles. The Labute approximate surface area is 101 Å². The van der Waals surface area contributed by atoms with Gasteiger partial charge in [0.05, 0.1) is 6.10 Å². The molecule has 0 saturated carbocycles. The zero-order chi connectivity index (χ0) is 11.8. The van der Waals surface area contributed by atoms with Gasteiger partial charge in [0.15, 0.2) is 10.4 Å². The lowest BCUT2D eigenvalue weighted by molar-refractivity contribution is 0.110. The topological polar surface area (TPSA) is 86.6 Å². The lowest BCUT2D eigenvalue weighted by Gasteiger charge is -2.05. The maximum Gasteiger partial charge on any atom is 0.277 e. The van der Waals surface area contributed by atoms with Gasteiger partial charge in [-0.3, -0.25) is 9.78 Å². The normalized spacial score (nSPS) is 20.1. The first-order chi connectivity index (χ1) is 8.22. The van der Waals surface area contributed by atoms with E-state index in [0.717, 1.165) is 25.3 Å². The highest BCUT2D eigenvalue weighted by atomic mass is 32.1. The maximum atomic E-state index is 11.6. The van der Waals surface area contributed by atoms with Crippen LogP contribution in [0.25, 0.3) is 11.2 Å². The minimum atomic E-state index is -0.241. The Morgan fingerprint density at radius 1 is 1.41 bits per heavy atom. The fourth-order valence-corrected chi connectivity index (χ4v) is 2.29. The van der Waals surface area contributed by atoms with Crippen molar-refractivity contribution in [2.24, 2.45) is 0 Å². The number of ether oxygens (including phenoxy) is 1. The third-order valence-corrected chi connectivity index (χ3v) is 3.09. The Morgan fingerprint density at radius 3 is 3.06 bits per heavy atom. The minimum absolute atomic E-state index is 0.206. The molecule has 2 aromatic heterocycles. The van der Waals surface area contributed by atoms with Crippen molar-refractivity contribution >= 4 is 23.4 Å². The molecule has 6 nitrogen and oxygen atoms in total. The molecular weight excluding hydrogens is 240 g/mol. The number of aromatic nitrogens is 4. The van der Waals surface area contributed by atoms with E-state index in [9.17, 15) is 4.79 Å². The average Bonchev–Trinajstić information content (AvgIpc) is 2.87. The number of H-pyrrole nitrogens is 3. The molecule has 0 bridgehead atoms. The predicted molar refractivity (Wildman–Crippen MR) is 64.6 cm³/mol. The molecule has 17 heavy (non-hydrogen) atoms. The molecule has 0 aromatic carbocycles. The summed E-state index contributed by atoms with van der Waals surface area (Å²) in [5, 5.41) is 0. The molecule has 3 rings (SSSR count). The van der Waals surface area contributed by atoms with Gasteiger partial charge in [0.2, 0.25) is 0 Å². The standard InChI is InChI=1S/C10H12N4O2S/c15-9-7-8(13-10(17)14-9)12-6(11-7)4-5-2-1-3-16-5/h5H,1-4H2,(H3,11,12,13,14,15,17)/t5-/m1/s1. The molecule has 1 atom stereocenters. The summed E-state index contributed by atoms with van der Waals surface area (Å²) >= 11 is 4.89. The lowest BCUT2D eigenvalue weighted by atomic mass is 10.2. The van der Waals surface area contributed by atoms with Crippen LogP contribution >= 0.6 is 12.2 Å². The highest BCUT2D eigenvalue weighted by Crippen LogP contribution is 2.16. The monoisotopic (exact) mass is 252 g/mol. The van der Waals surface area contributed by atoms with E-state index in [0.29, 0.717) is 17.6 Å². The third kappa shape index (κ3) is 2.03. The molecular formula is C10H12N4O2S. The van der Waals surface area contributed by atoms with Gasteiger partial charge >= 0.3 is 0 Å². The zero-order valence-corrected chi connectivity index (χ0v) is 9.89. The fraction of sp³-hybridized carbons (Fsp3) is 0.500. The Kier molecular flexibility index (Phi) is 2.56. The van der Waals surface area contributed by atoms with Crippen LogP contribution in [0.5, 0.6) is 0 Å². The first-order valence-electron chi connectivity index (χ1n) is 5.55. The van der Waals surface area contributed by atoms with Gasteiger partial charge in [0, 0.05) is 13.0 Å². The summed E-state index contributed by atoms with van der Waals surface area (Å²) < 4.78 is 5.82. The number of fused-ring (bicyclic) bond motifs is 1. The van der Waals surface area contributed by atoms with Gasteiger partial charge in [0.1, 0.15) is 11.3 Å². The number of hydrogen-bond donors (Lipinski definition) is 3. The van der Waals surface area contributed by atoms with Gasteiger partial charge in [-0.15, -0.1) is 0 Å². The molecule has 1 saturated heterocycles. The fourth-order valence-electron chi connectivity index (χ4n) is 2.10. The molecule has 2 aromatic rings. The minimum Gasteiger partial charge on any atom is -0.378 e. The van der Waals surface area contributed by atoms with Crippen molar-refractivity contribution in [1.82, 2.24) is 19.9 Å². The van der Waals surface area contributed by atoms with E-state index in [1.165, 1.54) is 0 Å². The van der Waals surface area contributed by atoms with Crippen LogP contribution in [0, 0.1) is 4.77 Å². The SMILES string of the molecule is O=c1[nH]c(=S)[nH]c2nc(C[C@H]3CCCO3)[nH]c12. The zero-order valence-electron chi connectivity index (χ0n) is 9.08. The summed E-state index contributed by atoms with van der Waals surface area (Å²) in [4.78, 5) is 24.3. The predicted octanol–water partition coefficient (Wildman–Crippen LogP) is 1.03. The van der Waals surface area contributed by atoms with Gasteiger partial charge < -0.3 is 14.7 Å². The number of aromatic amines is 3. The summed E-state index contributed by atoms with van der Waals surface area (Å²) in [6, 6.07) is 0. The van der Waals surface area contributed by atoms with Crippen LogP contribution in [0.2, 0.25) is 0 Å². The van der Waals surface area contributed by atoms with E-state index in [2.05, 4.69) is 19.9 Å². The molecule has 1 fully saturated rings. The summed E-state index contributed by atoms with van der Waals surface area (Å²) in [5.74, 6) is 0.759. The van der Waals surface area contributed by atoms with Crippen LogP contribution in [-0.2, 0) is 11.2 Å². The van der Waals surface area contributed by atoms with Crippen LogP contribution < -0.4 is 5.56 Å². The van der Waals surface area contributed by atoms with Crippen molar-refractivity contribution in [2.45, 2.75) is 25.4 Å². The molecule has 0 unspecified atom stereocenters. The quantitative estimate of drug-likeness (QED) is 0.697. The number of imidazole rings is 1. The van der Waals surface area contributed by atoms with Crippen LogP contribution in [0.4, 0.5) is 0 Å². The van der Waals surface area contributed by atoms with Gasteiger partial charge in [-0.2, -0.15) is 0 Å². The van der Waals surface area contributed by atoms with Gasteiger partial charge in [0.25, 0.3) is 5.56 Å². The molecule has 0 radical (unpaired) electrons. The van der Waals surface area contributed by atoms with E-state index in [1.807, 2.05) is 0 Å². The van der Waals surface area contributed by atoms with E-state index < -0.39 is 0 Å². The van der Waals surface area contributed by atoms with Crippen LogP contribution in [0.15, 0.2) is 4.79 Å². The first kappa shape index (κ1) is 10.7. The summed E-state index contributed by atoms with van der Waals surface area (Å²) in [6.45, 7) is 0.813. The Bertz CT molecular complexity index is 650. The van der Waals surface area contributed by atoms with E-state index >= 15 is 0 Å². The molecule has 3 N–H and O–H groups in total. The maximum absolute atomic E-state index is 11.6. The highest BCUT2D eigenvalue weighted by molar-refractivity contribution is 7.71. The molecule has 0 amide bonds. The second-order valence-electron chi connectivity index (χ2n) is 4.15. The number of nitrogens with zero attached hydrogens (tertiary/aromatic N) is 1. The summed E-state index contributed by atoms with van der Waals surface area (Å²) in [7, 11) is 0. The van der Waals surface area contributed by atoms with Crippen molar-refractivity contribution in [3.05, 3.63) is 20.9 Å². The van der Waals surface area contributed by atoms with Gasteiger partial charge in [-0.05, 0) is 25.1 Å². The van der Waals surface area contributed by atoms with Crippen molar-refractivity contribution in [3.8, 4) is 0 Å². The summed E-state index contributed by atoms with van der Waals surface area (Å²) in [5.41, 5.74) is 0.702. The van der Waals surface area contributed by atoms with Crippen molar-refractivity contribution in [2.75, 3.05) is 6.61 Å². The number of nitrogens with one attached hydrogen (secondary N) is 3. The second-order valence-corrected chi connectivity index (χ2v) is 4.56. The molecule has 1 aliphatic rings. The Morgan fingerprint density at radius 2 is 2.29 bits per heavy atom. The van der Waals surface area contributed by atoms with Gasteiger partial charge in [-0.1, -0.05) is 0 Å². The molecule has 1 aliphatic heterocycles. The van der Waals surface area contributed by atoms with Crippen LogP contribution in [0.3, 0.4) is 0 Å². The lowest BCUT2D eigenvalue weighted by Crippen LogP contribution is -2.10. The molecule has 0 spiro atoms. The van der Waals surface area contributed by atoms with E-state index in [1.54, 1.807) is 0 Å². The van der Waals surface area contributed by atoms with Gasteiger partial charge in [-0.25, -0.2) is 4.98 Å². The highest BCUT2D eigenvalue weighted by Gasteiger charge is 2.18. The summed E-state index contributed by atoms with van der Waals surface area (Å²) in [6.07, 6.45) is 3.05.